The third kappa shape index (κ3) is 5.17. The monoisotopic (exact) mass is 223 g/mol. The summed E-state index contributed by atoms with van der Waals surface area (Å²) in [6, 6.07) is 0. The molecular formula is C8H17NO6. The van der Waals surface area contributed by atoms with Gasteiger partial charge in [-0.05, 0) is 0 Å². The first-order valence-corrected chi connectivity index (χ1v) is 4.48. The zero-order valence-corrected chi connectivity index (χ0v) is 8.14. The maximum atomic E-state index is 9.26. The predicted molar refractivity (Wildman–Crippen MR) is 51.6 cm³/mol. The van der Waals surface area contributed by atoms with E-state index >= 15 is 0 Å². The molecule has 0 radical (unpaired) electrons. The molecule has 0 amide bonds. The van der Waals surface area contributed by atoms with E-state index in [-0.39, 0.29) is 13.2 Å². The van der Waals surface area contributed by atoms with Crippen molar-refractivity contribution < 1.29 is 30.6 Å². The van der Waals surface area contributed by atoms with E-state index in [1.54, 1.807) is 0 Å². The largest absolute Gasteiger partial charge is 0.394 e. The van der Waals surface area contributed by atoms with Crippen LogP contribution in [0.1, 0.15) is 0 Å². The number of rotatable bonds is 7. The molecule has 0 aliphatic carbocycles. The molecule has 0 fully saturated rings. The molecule has 90 valence electrons. The molecule has 4 unspecified atom stereocenters. The molecule has 0 aromatic heterocycles. The lowest BCUT2D eigenvalue weighted by Gasteiger charge is -2.23. The number of hydrogen-bond acceptors (Lipinski definition) is 7. The van der Waals surface area contributed by atoms with Crippen molar-refractivity contribution in [3.05, 3.63) is 0 Å². The van der Waals surface area contributed by atoms with E-state index in [4.69, 9.17) is 15.3 Å². The first-order chi connectivity index (χ1) is 7.04. The van der Waals surface area contributed by atoms with Crippen LogP contribution in [0.5, 0.6) is 0 Å². The molecule has 0 bridgehead atoms. The second kappa shape index (κ2) is 7.69. The lowest BCUT2D eigenvalue weighted by molar-refractivity contribution is -0.0999. The summed E-state index contributed by atoms with van der Waals surface area (Å²) in [5.41, 5.74) is 0. The molecule has 0 heterocycles. The summed E-state index contributed by atoms with van der Waals surface area (Å²) in [5, 5.41) is 53.5. The first kappa shape index (κ1) is 14.4. The average Bonchev–Trinajstić information content (AvgIpc) is 2.26. The number of aliphatic hydroxyl groups excluding tert-OH is 6. The highest BCUT2D eigenvalue weighted by atomic mass is 16.4. The van der Waals surface area contributed by atoms with Crippen LogP contribution >= 0.6 is 0 Å². The van der Waals surface area contributed by atoms with E-state index in [2.05, 4.69) is 4.99 Å². The van der Waals surface area contributed by atoms with E-state index in [1.807, 2.05) is 0 Å². The molecule has 0 spiro atoms. The molecule has 0 saturated carbocycles. The Labute approximate surface area is 87.0 Å². The lowest BCUT2D eigenvalue weighted by Crippen LogP contribution is -2.46. The summed E-state index contributed by atoms with van der Waals surface area (Å²) >= 11 is 0. The van der Waals surface area contributed by atoms with Gasteiger partial charge in [-0.15, -0.1) is 0 Å². The highest BCUT2D eigenvalue weighted by Gasteiger charge is 2.28. The van der Waals surface area contributed by atoms with Gasteiger partial charge in [0.05, 0.1) is 19.8 Å². The lowest BCUT2D eigenvalue weighted by atomic mass is 10.0. The molecule has 0 aromatic rings. The third-order valence-electron chi connectivity index (χ3n) is 1.77. The Morgan fingerprint density at radius 2 is 1.60 bits per heavy atom. The Balaban J connectivity index is 4.12. The normalized spacial score (nSPS) is 20.1. The van der Waals surface area contributed by atoms with Crippen LogP contribution < -0.4 is 0 Å². The average molecular weight is 223 g/mol. The van der Waals surface area contributed by atoms with Gasteiger partial charge in [-0.2, -0.15) is 0 Å². The molecular weight excluding hydrogens is 206 g/mol. The van der Waals surface area contributed by atoms with Crippen LogP contribution in [0.25, 0.3) is 0 Å². The molecule has 6 N–H and O–H groups in total. The zero-order valence-electron chi connectivity index (χ0n) is 8.14. The Bertz CT molecular complexity index is 188. The zero-order chi connectivity index (χ0) is 11.8. The van der Waals surface area contributed by atoms with Crippen molar-refractivity contribution in [3.63, 3.8) is 0 Å². The smallest absolute Gasteiger partial charge is 0.117 e. The van der Waals surface area contributed by atoms with E-state index in [1.165, 1.54) is 0 Å². The van der Waals surface area contributed by atoms with Crippen molar-refractivity contribution in [1.29, 1.82) is 0 Å². The van der Waals surface area contributed by atoms with E-state index < -0.39 is 31.0 Å². The molecule has 0 saturated heterocycles. The summed E-state index contributed by atoms with van der Waals surface area (Å²) in [6.45, 7) is -0.845. The summed E-state index contributed by atoms with van der Waals surface area (Å²) in [6.07, 6.45) is -5.34. The van der Waals surface area contributed by atoms with E-state index in [0.717, 1.165) is 6.21 Å². The second-order valence-electron chi connectivity index (χ2n) is 3.00. The maximum absolute atomic E-state index is 9.26. The fourth-order valence-electron chi connectivity index (χ4n) is 0.866. The van der Waals surface area contributed by atoms with Gasteiger partial charge in [0.1, 0.15) is 24.4 Å². The van der Waals surface area contributed by atoms with Crippen LogP contribution in [-0.2, 0) is 0 Å². The molecule has 0 rings (SSSR count). The summed E-state index contributed by atoms with van der Waals surface area (Å²) in [4.78, 5) is 3.54. The van der Waals surface area contributed by atoms with E-state index in [0.29, 0.717) is 0 Å². The summed E-state index contributed by atoms with van der Waals surface area (Å²) in [5.74, 6) is 0. The first-order valence-electron chi connectivity index (χ1n) is 4.48. The van der Waals surface area contributed by atoms with Gasteiger partial charge in [0.15, 0.2) is 0 Å². The van der Waals surface area contributed by atoms with Gasteiger partial charge in [0.25, 0.3) is 0 Å². The minimum atomic E-state index is -1.66. The molecule has 4 atom stereocenters. The molecule has 7 nitrogen and oxygen atoms in total. The predicted octanol–water partition coefficient (Wildman–Crippen LogP) is -3.51. The topological polar surface area (TPSA) is 134 Å². The molecule has 7 heteroatoms. The Kier molecular flexibility index (Phi) is 7.39. The van der Waals surface area contributed by atoms with Crippen LogP contribution in [0.3, 0.4) is 0 Å². The van der Waals surface area contributed by atoms with Crippen molar-refractivity contribution in [2.24, 2.45) is 4.99 Å². The Morgan fingerprint density at radius 1 is 1.00 bits per heavy atom. The molecule has 0 aromatic carbocycles. The van der Waals surface area contributed by atoms with Gasteiger partial charge in [-0.3, -0.25) is 4.99 Å². The van der Waals surface area contributed by atoms with Gasteiger partial charge < -0.3 is 30.6 Å². The van der Waals surface area contributed by atoms with Gasteiger partial charge in [-0.1, -0.05) is 0 Å². The van der Waals surface area contributed by atoms with Crippen LogP contribution in [0, 0.1) is 0 Å². The molecule has 15 heavy (non-hydrogen) atoms. The number of hydrogen-bond donors (Lipinski definition) is 6. The van der Waals surface area contributed by atoms with Crippen molar-refractivity contribution >= 4 is 6.21 Å². The minimum absolute atomic E-state index is 0.0719. The fourth-order valence-corrected chi connectivity index (χ4v) is 0.866. The number of aliphatic imine (C=N–C) groups is 1. The fraction of sp³-hybridized carbons (Fsp3) is 0.875. The maximum Gasteiger partial charge on any atom is 0.117 e. The van der Waals surface area contributed by atoms with E-state index in [9.17, 15) is 15.3 Å². The number of aliphatic hydroxyl groups is 6. The summed E-state index contributed by atoms with van der Waals surface area (Å²) < 4.78 is 0. The van der Waals surface area contributed by atoms with Gasteiger partial charge in [-0.25, -0.2) is 0 Å². The van der Waals surface area contributed by atoms with Crippen LogP contribution in [-0.4, -0.2) is 81.0 Å². The van der Waals surface area contributed by atoms with Crippen molar-refractivity contribution in [1.82, 2.24) is 0 Å². The van der Waals surface area contributed by atoms with Crippen molar-refractivity contribution in [2.75, 3.05) is 19.8 Å². The highest BCUT2D eigenvalue weighted by molar-refractivity contribution is 5.63. The Hall–Kier alpha value is -0.570. The van der Waals surface area contributed by atoms with Crippen LogP contribution in [0.2, 0.25) is 0 Å². The minimum Gasteiger partial charge on any atom is -0.394 e. The van der Waals surface area contributed by atoms with Crippen LogP contribution in [0.4, 0.5) is 0 Å². The summed E-state index contributed by atoms with van der Waals surface area (Å²) in [7, 11) is 0. The van der Waals surface area contributed by atoms with Gasteiger partial charge in [0, 0.05) is 6.21 Å². The van der Waals surface area contributed by atoms with Crippen molar-refractivity contribution in [3.8, 4) is 0 Å². The molecule has 0 aliphatic rings. The Morgan fingerprint density at radius 3 is 2.07 bits per heavy atom. The third-order valence-corrected chi connectivity index (χ3v) is 1.77. The van der Waals surface area contributed by atoms with Crippen molar-refractivity contribution in [2.45, 2.75) is 24.4 Å². The highest BCUT2D eigenvalue weighted by Crippen LogP contribution is 2.03. The quantitative estimate of drug-likeness (QED) is 0.248. The standard InChI is InChI=1S/C8H17NO6/c10-2-1-9-3-5(12)7(14)8(15)6(13)4-11/h3,5-8,10-15H,1-2,4H2. The SMILES string of the molecule is OCCN=CC(O)C(O)C(O)C(O)CO. The van der Waals surface area contributed by atoms with Crippen LogP contribution in [0.15, 0.2) is 4.99 Å². The second-order valence-corrected chi connectivity index (χ2v) is 3.00. The van der Waals surface area contributed by atoms with Gasteiger partial charge in [0.2, 0.25) is 0 Å². The molecule has 0 aliphatic heterocycles. The van der Waals surface area contributed by atoms with Gasteiger partial charge >= 0.3 is 0 Å². The number of nitrogens with zero attached hydrogens (tertiary/aromatic N) is 1.